The monoisotopic (exact) mass is 398 g/mol. The van der Waals surface area contributed by atoms with Gasteiger partial charge in [-0.1, -0.05) is 0 Å². The Labute approximate surface area is 166 Å². The van der Waals surface area contributed by atoms with Gasteiger partial charge >= 0.3 is 0 Å². The average Bonchev–Trinajstić information content (AvgIpc) is 3.27. The van der Waals surface area contributed by atoms with Crippen molar-refractivity contribution in [3.8, 4) is 5.69 Å². The highest BCUT2D eigenvalue weighted by Gasteiger charge is 2.47. The van der Waals surface area contributed by atoms with Crippen LogP contribution >= 0.6 is 0 Å². The number of fused-ring (bicyclic) bond motifs is 1. The van der Waals surface area contributed by atoms with Gasteiger partial charge < -0.3 is 15.4 Å². The van der Waals surface area contributed by atoms with E-state index in [0.717, 1.165) is 25.9 Å². The number of aromatic nitrogens is 4. The third-order valence-electron chi connectivity index (χ3n) is 6.39. The summed E-state index contributed by atoms with van der Waals surface area (Å²) < 4.78 is 20.5. The van der Waals surface area contributed by atoms with Gasteiger partial charge in [0.1, 0.15) is 11.3 Å². The fraction of sp³-hybridized carbons (Fsp3) is 0.450. The summed E-state index contributed by atoms with van der Waals surface area (Å²) in [6.45, 7) is 4.22. The van der Waals surface area contributed by atoms with Crippen LogP contribution in [-0.2, 0) is 4.74 Å². The van der Waals surface area contributed by atoms with E-state index in [1.165, 1.54) is 16.8 Å². The van der Waals surface area contributed by atoms with Crippen molar-refractivity contribution in [3.63, 3.8) is 0 Å². The maximum absolute atomic E-state index is 13.2. The SMILES string of the molecule is C[C@@H]1OCC2(CCN(c3nc4cnn(-c5ccc(F)cc5)c4c(=O)[nH]3)CC2)[C@@H]1N. The molecule has 4 heterocycles. The van der Waals surface area contributed by atoms with Gasteiger partial charge in [0.05, 0.1) is 24.6 Å². The van der Waals surface area contributed by atoms with Gasteiger partial charge in [0.25, 0.3) is 5.56 Å². The summed E-state index contributed by atoms with van der Waals surface area (Å²) in [5.74, 6) is 0.195. The van der Waals surface area contributed by atoms with Gasteiger partial charge in [-0.15, -0.1) is 0 Å². The van der Waals surface area contributed by atoms with Gasteiger partial charge in [0, 0.05) is 24.5 Å². The van der Waals surface area contributed by atoms with Crippen LogP contribution in [0.25, 0.3) is 16.7 Å². The summed E-state index contributed by atoms with van der Waals surface area (Å²) in [5, 5.41) is 4.28. The highest BCUT2D eigenvalue weighted by Crippen LogP contribution is 2.41. The third-order valence-corrected chi connectivity index (χ3v) is 6.39. The molecule has 2 aliphatic rings. The Morgan fingerprint density at radius 3 is 2.66 bits per heavy atom. The Morgan fingerprint density at radius 2 is 2.00 bits per heavy atom. The van der Waals surface area contributed by atoms with Crippen LogP contribution in [0.1, 0.15) is 19.8 Å². The molecule has 8 nitrogen and oxygen atoms in total. The van der Waals surface area contributed by atoms with Crippen LogP contribution in [0.3, 0.4) is 0 Å². The molecular formula is C20H23FN6O2. The summed E-state index contributed by atoms with van der Waals surface area (Å²) >= 11 is 0. The van der Waals surface area contributed by atoms with Crippen LogP contribution in [-0.4, -0.2) is 51.6 Å². The predicted octanol–water partition coefficient (Wildman–Crippen LogP) is 1.58. The minimum absolute atomic E-state index is 0.00772. The summed E-state index contributed by atoms with van der Waals surface area (Å²) in [4.78, 5) is 22.4. The first-order valence-electron chi connectivity index (χ1n) is 9.83. The van der Waals surface area contributed by atoms with Crippen molar-refractivity contribution in [1.29, 1.82) is 0 Å². The number of ether oxygens (including phenoxy) is 1. The zero-order chi connectivity index (χ0) is 20.2. The Kier molecular flexibility index (Phi) is 4.18. The predicted molar refractivity (Wildman–Crippen MR) is 107 cm³/mol. The first kappa shape index (κ1) is 18.3. The highest BCUT2D eigenvalue weighted by molar-refractivity contribution is 5.76. The number of nitrogens with one attached hydrogen (secondary N) is 1. The zero-order valence-corrected chi connectivity index (χ0v) is 16.1. The van der Waals surface area contributed by atoms with Crippen molar-refractivity contribution in [3.05, 3.63) is 46.6 Å². The number of hydrogen-bond donors (Lipinski definition) is 2. The maximum atomic E-state index is 13.2. The largest absolute Gasteiger partial charge is 0.376 e. The van der Waals surface area contributed by atoms with E-state index in [4.69, 9.17) is 10.5 Å². The Morgan fingerprint density at radius 1 is 1.28 bits per heavy atom. The molecule has 2 saturated heterocycles. The van der Waals surface area contributed by atoms with Crippen molar-refractivity contribution < 1.29 is 9.13 Å². The molecule has 2 aromatic heterocycles. The molecule has 3 aromatic rings. The topological polar surface area (TPSA) is 102 Å². The number of piperidine rings is 1. The van der Waals surface area contributed by atoms with Crippen LogP contribution in [0, 0.1) is 11.2 Å². The first-order valence-corrected chi connectivity index (χ1v) is 9.83. The summed E-state index contributed by atoms with van der Waals surface area (Å²) in [7, 11) is 0. The Bertz CT molecular complexity index is 1100. The molecule has 9 heteroatoms. The minimum Gasteiger partial charge on any atom is -0.376 e. The molecule has 152 valence electrons. The van der Waals surface area contributed by atoms with Gasteiger partial charge in [-0.2, -0.15) is 5.10 Å². The molecule has 29 heavy (non-hydrogen) atoms. The Hall–Kier alpha value is -2.78. The van der Waals surface area contributed by atoms with E-state index in [2.05, 4.69) is 20.0 Å². The molecule has 3 N–H and O–H groups in total. The van der Waals surface area contributed by atoms with Crippen LogP contribution in [0.15, 0.2) is 35.3 Å². The van der Waals surface area contributed by atoms with E-state index < -0.39 is 0 Å². The fourth-order valence-electron chi connectivity index (χ4n) is 4.50. The molecule has 2 aliphatic heterocycles. The van der Waals surface area contributed by atoms with Crippen molar-refractivity contribution in [2.45, 2.75) is 31.9 Å². The quantitative estimate of drug-likeness (QED) is 0.680. The van der Waals surface area contributed by atoms with E-state index in [0.29, 0.717) is 29.3 Å². The number of halogens is 1. The molecule has 0 radical (unpaired) electrons. The van der Waals surface area contributed by atoms with Gasteiger partial charge in [0.2, 0.25) is 5.95 Å². The zero-order valence-electron chi connectivity index (χ0n) is 16.1. The first-order chi connectivity index (χ1) is 14.0. The van der Waals surface area contributed by atoms with Crippen molar-refractivity contribution in [1.82, 2.24) is 19.7 Å². The number of nitrogens with zero attached hydrogens (tertiary/aromatic N) is 4. The van der Waals surface area contributed by atoms with Crippen molar-refractivity contribution in [2.24, 2.45) is 11.1 Å². The number of H-pyrrole nitrogens is 1. The number of rotatable bonds is 2. The van der Waals surface area contributed by atoms with Gasteiger partial charge in [0.15, 0.2) is 5.52 Å². The van der Waals surface area contributed by atoms with E-state index in [1.54, 1.807) is 18.3 Å². The minimum atomic E-state index is -0.343. The normalized spacial score (nSPS) is 23.9. The van der Waals surface area contributed by atoms with Crippen LogP contribution in [0.2, 0.25) is 0 Å². The molecule has 1 spiro atoms. The molecule has 0 amide bonds. The number of nitrogens with two attached hydrogens (primary N) is 1. The molecule has 5 rings (SSSR count). The molecule has 0 unspecified atom stereocenters. The number of hydrogen-bond acceptors (Lipinski definition) is 6. The lowest BCUT2D eigenvalue weighted by Gasteiger charge is -2.41. The van der Waals surface area contributed by atoms with E-state index in [9.17, 15) is 9.18 Å². The molecule has 0 aliphatic carbocycles. The average molecular weight is 398 g/mol. The van der Waals surface area contributed by atoms with Crippen LogP contribution in [0.5, 0.6) is 0 Å². The van der Waals surface area contributed by atoms with E-state index >= 15 is 0 Å². The van der Waals surface area contributed by atoms with E-state index in [1.807, 2.05) is 6.92 Å². The lowest BCUT2D eigenvalue weighted by Crippen LogP contribution is -2.51. The van der Waals surface area contributed by atoms with E-state index in [-0.39, 0.29) is 28.9 Å². The highest BCUT2D eigenvalue weighted by atomic mass is 19.1. The molecular weight excluding hydrogens is 375 g/mol. The number of benzene rings is 1. The van der Waals surface area contributed by atoms with Crippen LogP contribution in [0.4, 0.5) is 10.3 Å². The fourth-order valence-corrected chi connectivity index (χ4v) is 4.50. The second-order valence-corrected chi connectivity index (χ2v) is 8.05. The molecule has 2 atom stereocenters. The van der Waals surface area contributed by atoms with Gasteiger partial charge in [-0.25, -0.2) is 14.1 Å². The lowest BCUT2D eigenvalue weighted by atomic mass is 9.73. The summed E-state index contributed by atoms with van der Waals surface area (Å²) in [5.41, 5.74) is 7.56. The molecule has 1 aromatic carbocycles. The molecule has 0 bridgehead atoms. The van der Waals surface area contributed by atoms with Crippen molar-refractivity contribution in [2.75, 3.05) is 24.6 Å². The van der Waals surface area contributed by atoms with Gasteiger partial charge in [-0.05, 0) is 44.0 Å². The van der Waals surface area contributed by atoms with Gasteiger partial charge in [-0.3, -0.25) is 9.78 Å². The summed E-state index contributed by atoms with van der Waals surface area (Å²) in [6.07, 6.45) is 3.43. The third kappa shape index (κ3) is 2.92. The molecule has 0 saturated carbocycles. The summed E-state index contributed by atoms with van der Waals surface area (Å²) in [6, 6.07) is 5.86. The van der Waals surface area contributed by atoms with Crippen LogP contribution < -0.4 is 16.2 Å². The second-order valence-electron chi connectivity index (χ2n) is 8.05. The van der Waals surface area contributed by atoms with Crippen molar-refractivity contribution >= 4 is 17.0 Å². The number of aromatic amines is 1. The second kappa shape index (κ2) is 6.64. The maximum Gasteiger partial charge on any atom is 0.278 e. The lowest BCUT2D eigenvalue weighted by molar-refractivity contribution is 0.0973. The number of anilines is 1. The standard InChI is InChI=1S/C20H23FN6O2/c1-12-17(22)20(11-29-12)6-8-26(9-7-20)19-24-15-10-23-27(16(15)18(28)25-19)14-4-2-13(21)3-5-14/h2-5,10,12,17H,6-9,11,22H2,1H3,(H,24,25,28)/t12-,17+/m0/s1. The Balaban J connectivity index is 1.43. The smallest absolute Gasteiger partial charge is 0.278 e. The molecule has 2 fully saturated rings.